The number of halogens is 2. The van der Waals surface area contributed by atoms with Crippen molar-refractivity contribution in [1.82, 2.24) is 5.43 Å². The van der Waals surface area contributed by atoms with Crippen molar-refractivity contribution in [2.24, 2.45) is 5.84 Å². The van der Waals surface area contributed by atoms with Crippen LogP contribution in [0.15, 0.2) is 42.5 Å². The Kier molecular flexibility index (Phi) is 5.44. The van der Waals surface area contributed by atoms with Crippen LogP contribution in [0.3, 0.4) is 0 Å². The second-order valence-corrected chi connectivity index (χ2v) is 5.53. The SMILES string of the molecule is CCc1ccc(C(Cc2c(Cl)cccc2Cl)NN)cc1. The molecule has 0 aromatic heterocycles. The van der Waals surface area contributed by atoms with E-state index >= 15 is 0 Å². The Bertz CT molecular complexity index is 547. The molecule has 1 atom stereocenters. The molecule has 0 heterocycles. The number of hydrogen-bond acceptors (Lipinski definition) is 2. The fourth-order valence-electron chi connectivity index (χ4n) is 2.19. The molecule has 0 amide bonds. The Morgan fingerprint density at radius 3 is 2.15 bits per heavy atom. The van der Waals surface area contributed by atoms with Crippen molar-refractivity contribution in [3.63, 3.8) is 0 Å². The highest BCUT2D eigenvalue weighted by Crippen LogP contribution is 2.29. The van der Waals surface area contributed by atoms with Gasteiger partial charge in [-0.05, 0) is 41.7 Å². The van der Waals surface area contributed by atoms with Crippen molar-refractivity contribution in [2.45, 2.75) is 25.8 Å². The van der Waals surface area contributed by atoms with Gasteiger partial charge >= 0.3 is 0 Å². The maximum absolute atomic E-state index is 6.21. The van der Waals surface area contributed by atoms with E-state index in [1.165, 1.54) is 5.56 Å². The van der Waals surface area contributed by atoms with Crippen LogP contribution in [-0.4, -0.2) is 0 Å². The van der Waals surface area contributed by atoms with E-state index in [2.05, 4.69) is 36.6 Å². The second kappa shape index (κ2) is 7.09. The Morgan fingerprint density at radius 1 is 1.05 bits per heavy atom. The monoisotopic (exact) mass is 308 g/mol. The molecule has 0 saturated heterocycles. The molecule has 0 spiro atoms. The van der Waals surface area contributed by atoms with Crippen molar-refractivity contribution >= 4 is 23.2 Å². The van der Waals surface area contributed by atoms with Crippen LogP contribution in [0.2, 0.25) is 10.0 Å². The molecule has 2 aromatic rings. The van der Waals surface area contributed by atoms with Gasteiger partial charge in [-0.2, -0.15) is 0 Å². The Hall–Kier alpha value is -1.06. The first-order valence-electron chi connectivity index (χ1n) is 6.63. The van der Waals surface area contributed by atoms with Gasteiger partial charge in [0.25, 0.3) is 0 Å². The fraction of sp³-hybridized carbons (Fsp3) is 0.250. The zero-order chi connectivity index (χ0) is 14.5. The molecule has 2 aromatic carbocycles. The van der Waals surface area contributed by atoms with E-state index in [0.717, 1.165) is 17.5 Å². The summed E-state index contributed by atoms with van der Waals surface area (Å²) in [5.41, 5.74) is 6.19. The van der Waals surface area contributed by atoms with Crippen LogP contribution in [0.4, 0.5) is 0 Å². The van der Waals surface area contributed by atoms with E-state index in [0.29, 0.717) is 16.5 Å². The summed E-state index contributed by atoms with van der Waals surface area (Å²) < 4.78 is 0. The number of nitrogens with one attached hydrogen (secondary N) is 1. The van der Waals surface area contributed by atoms with Crippen molar-refractivity contribution in [3.8, 4) is 0 Å². The summed E-state index contributed by atoms with van der Waals surface area (Å²) >= 11 is 12.4. The fourth-order valence-corrected chi connectivity index (χ4v) is 2.74. The topological polar surface area (TPSA) is 38.0 Å². The van der Waals surface area contributed by atoms with E-state index in [9.17, 15) is 0 Å². The predicted octanol–water partition coefficient (Wildman–Crippen LogP) is 4.30. The zero-order valence-electron chi connectivity index (χ0n) is 11.4. The molecule has 2 rings (SSSR count). The molecule has 0 radical (unpaired) electrons. The number of benzene rings is 2. The Labute approximate surface area is 129 Å². The van der Waals surface area contributed by atoms with Gasteiger partial charge in [-0.3, -0.25) is 11.3 Å². The summed E-state index contributed by atoms with van der Waals surface area (Å²) in [5.74, 6) is 5.69. The zero-order valence-corrected chi connectivity index (χ0v) is 12.9. The highest BCUT2D eigenvalue weighted by atomic mass is 35.5. The molecule has 0 aliphatic carbocycles. The molecule has 4 heteroatoms. The van der Waals surface area contributed by atoms with Crippen molar-refractivity contribution in [1.29, 1.82) is 0 Å². The third-order valence-corrected chi connectivity index (χ3v) is 4.17. The lowest BCUT2D eigenvalue weighted by molar-refractivity contribution is 0.552. The summed E-state index contributed by atoms with van der Waals surface area (Å²) in [7, 11) is 0. The molecule has 20 heavy (non-hydrogen) atoms. The van der Waals surface area contributed by atoms with Gasteiger partial charge in [0, 0.05) is 10.0 Å². The maximum Gasteiger partial charge on any atom is 0.0501 e. The molecule has 0 bridgehead atoms. The van der Waals surface area contributed by atoms with Crippen LogP contribution >= 0.6 is 23.2 Å². The van der Waals surface area contributed by atoms with Gasteiger partial charge < -0.3 is 0 Å². The third kappa shape index (κ3) is 3.53. The minimum Gasteiger partial charge on any atom is -0.271 e. The largest absolute Gasteiger partial charge is 0.271 e. The van der Waals surface area contributed by atoms with E-state index in [1.54, 1.807) is 0 Å². The lowest BCUT2D eigenvalue weighted by Crippen LogP contribution is -2.29. The summed E-state index contributed by atoms with van der Waals surface area (Å²) in [5, 5.41) is 1.34. The van der Waals surface area contributed by atoms with Crippen LogP contribution in [0.5, 0.6) is 0 Å². The normalized spacial score (nSPS) is 12.4. The molecule has 1 unspecified atom stereocenters. The van der Waals surface area contributed by atoms with Crippen molar-refractivity contribution in [2.75, 3.05) is 0 Å². The average Bonchev–Trinajstić information content (AvgIpc) is 2.47. The van der Waals surface area contributed by atoms with E-state index in [4.69, 9.17) is 29.0 Å². The molecular weight excluding hydrogens is 291 g/mol. The molecule has 106 valence electrons. The minimum absolute atomic E-state index is 0.0155. The summed E-state index contributed by atoms with van der Waals surface area (Å²) in [4.78, 5) is 0. The molecule has 0 aliphatic heterocycles. The summed E-state index contributed by atoms with van der Waals surface area (Å²) in [6.07, 6.45) is 1.68. The van der Waals surface area contributed by atoms with Crippen LogP contribution in [0.25, 0.3) is 0 Å². The number of hydrogen-bond donors (Lipinski definition) is 2. The lowest BCUT2D eigenvalue weighted by atomic mass is 9.98. The first kappa shape index (κ1) is 15.3. The van der Waals surface area contributed by atoms with Crippen LogP contribution in [-0.2, 0) is 12.8 Å². The van der Waals surface area contributed by atoms with Gasteiger partial charge in [-0.25, -0.2) is 0 Å². The van der Waals surface area contributed by atoms with E-state index in [1.807, 2.05) is 18.2 Å². The van der Waals surface area contributed by atoms with Crippen molar-refractivity contribution in [3.05, 3.63) is 69.2 Å². The third-order valence-electron chi connectivity index (χ3n) is 3.46. The highest BCUT2D eigenvalue weighted by molar-refractivity contribution is 6.36. The Balaban J connectivity index is 2.24. The summed E-state index contributed by atoms with van der Waals surface area (Å²) in [6, 6.07) is 13.9. The number of rotatable bonds is 5. The van der Waals surface area contributed by atoms with Gasteiger partial charge in [-0.15, -0.1) is 0 Å². The van der Waals surface area contributed by atoms with Crippen LogP contribution < -0.4 is 11.3 Å². The van der Waals surface area contributed by atoms with Gasteiger partial charge in [-0.1, -0.05) is 60.5 Å². The molecule has 0 aliphatic rings. The van der Waals surface area contributed by atoms with Gasteiger partial charge in [0.05, 0.1) is 6.04 Å². The maximum atomic E-state index is 6.21. The molecule has 0 fully saturated rings. The van der Waals surface area contributed by atoms with E-state index in [-0.39, 0.29) is 6.04 Å². The van der Waals surface area contributed by atoms with E-state index < -0.39 is 0 Å². The molecule has 0 saturated carbocycles. The van der Waals surface area contributed by atoms with Crippen LogP contribution in [0, 0.1) is 0 Å². The molecule has 3 N–H and O–H groups in total. The smallest absolute Gasteiger partial charge is 0.0501 e. The number of aryl methyl sites for hydroxylation is 1. The minimum atomic E-state index is -0.0155. The molecular formula is C16H18Cl2N2. The average molecular weight is 309 g/mol. The lowest BCUT2D eigenvalue weighted by Gasteiger charge is -2.18. The molecule has 2 nitrogen and oxygen atoms in total. The predicted molar refractivity (Wildman–Crippen MR) is 86.1 cm³/mol. The van der Waals surface area contributed by atoms with Crippen molar-refractivity contribution < 1.29 is 0 Å². The quantitative estimate of drug-likeness (QED) is 0.638. The summed E-state index contributed by atoms with van der Waals surface area (Å²) in [6.45, 7) is 2.14. The van der Waals surface area contributed by atoms with Gasteiger partial charge in [0.1, 0.15) is 0 Å². The van der Waals surface area contributed by atoms with Gasteiger partial charge in [0.2, 0.25) is 0 Å². The number of nitrogens with two attached hydrogens (primary N) is 1. The second-order valence-electron chi connectivity index (χ2n) is 4.72. The Morgan fingerprint density at radius 2 is 1.65 bits per heavy atom. The van der Waals surface area contributed by atoms with Crippen LogP contribution in [0.1, 0.15) is 29.7 Å². The number of hydrazine groups is 1. The first-order valence-corrected chi connectivity index (χ1v) is 7.39. The standard InChI is InChI=1S/C16H18Cl2N2/c1-2-11-6-8-12(9-7-11)16(20-19)10-13-14(17)4-3-5-15(13)18/h3-9,16,20H,2,10,19H2,1H3. The van der Waals surface area contributed by atoms with Gasteiger partial charge in [0.15, 0.2) is 0 Å². The highest BCUT2D eigenvalue weighted by Gasteiger charge is 2.14. The first-order chi connectivity index (χ1) is 9.65.